The molecule has 6 heteroatoms. The number of rotatable bonds is 6. The van der Waals surface area contributed by atoms with Gasteiger partial charge in [-0.2, -0.15) is 0 Å². The van der Waals surface area contributed by atoms with Crippen LogP contribution in [0.25, 0.3) is 11.0 Å². The molecule has 0 saturated carbocycles. The Morgan fingerprint density at radius 1 is 0.778 bits per heavy atom. The van der Waals surface area contributed by atoms with Gasteiger partial charge in [0.05, 0.1) is 17.6 Å². The van der Waals surface area contributed by atoms with Crippen LogP contribution < -0.4 is 9.47 Å². The topological polar surface area (TPSA) is 42.8 Å². The van der Waals surface area contributed by atoms with Crippen molar-refractivity contribution in [1.82, 2.24) is 19.4 Å². The summed E-state index contributed by atoms with van der Waals surface area (Å²) in [6.45, 7) is 11.6. The molecule has 0 unspecified atom stereocenters. The van der Waals surface area contributed by atoms with Gasteiger partial charge in [-0.15, -0.1) is 0 Å². The van der Waals surface area contributed by atoms with Crippen LogP contribution in [-0.4, -0.2) is 52.3 Å². The zero-order chi connectivity index (χ0) is 24.5. The number of benzene rings is 3. The van der Waals surface area contributed by atoms with Crippen molar-refractivity contribution in [1.29, 1.82) is 0 Å². The number of nitrogens with zero attached hydrogens (tertiary/aromatic N) is 4. The molecule has 1 saturated heterocycles. The van der Waals surface area contributed by atoms with Gasteiger partial charge in [0.1, 0.15) is 5.82 Å². The van der Waals surface area contributed by atoms with Crippen LogP contribution in [0.4, 0.5) is 0 Å². The molecule has 4 aromatic rings. The lowest BCUT2D eigenvalue weighted by Gasteiger charge is -2.22. The Kier molecular flexibility index (Phi) is 6.38. The monoisotopic (exact) mass is 482 g/mol. The normalized spacial score (nSPS) is 16.5. The maximum Gasteiger partial charge on any atom is 0.231 e. The summed E-state index contributed by atoms with van der Waals surface area (Å²) in [5, 5.41) is 0. The van der Waals surface area contributed by atoms with E-state index in [9.17, 15) is 0 Å². The van der Waals surface area contributed by atoms with E-state index < -0.39 is 0 Å². The molecule has 2 aliphatic heterocycles. The van der Waals surface area contributed by atoms with E-state index >= 15 is 0 Å². The minimum atomic E-state index is 0.325. The number of aryl methyl sites for hydroxylation is 2. The molecule has 0 spiro atoms. The molecule has 6 nitrogen and oxygen atoms in total. The Bertz CT molecular complexity index is 1380. The molecule has 0 amide bonds. The standard InChI is InChI=1S/C30H34N4O2/c1-22-8-10-25(23(2)16-22)19-34-27-7-4-3-6-26(27)31-30(34)20-33-13-5-12-32(14-15-33)18-24-9-11-28-29(17-24)36-21-35-28/h3-4,6-11,16-17H,5,12-15,18-21H2,1-2H3. The summed E-state index contributed by atoms with van der Waals surface area (Å²) >= 11 is 0. The molecule has 0 bridgehead atoms. The molecule has 2 aliphatic rings. The third kappa shape index (κ3) is 4.84. The molecule has 0 atom stereocenters. The fourth-order valence-electron chi connectivity index (χ4n) is 5.45. The average molecular weight is 483 g/mol. The number of para-hydroxylation sites is 2. The molecule has 1 aromatic heterocycles. The summed E-state index contributed by atoms with van der Waals surface area (Å²) in [7, 11) is 0. The lowest BCUT2D eigenvalue weighted by molar-refractivity contribution is 0.174. The van der Waals surface area contributed by atoms with Gasteiger partial charge in [0.15, 0.2) is 11.5 Å². The minimum Gasteiger partial charge on any atom is -0.454 e. The van der Waals surface area contributed by atoms with E-state index in [1.54, 1.807) is 0 Å². The van der Waals surface area contributed by atoms with Gasteiger partial charge in [0.25, 0.3) is 0 Å². The van der Waals surface area contributed by atoms with Gasteiger partial charge in [-0.1, -0.05) is 42.0 Å². The summed E-state index contributed by atoms with van der Waals surface area (Å²) < 4.78 is 13.5. The Balaban J connectivity index is 1.17. The SMILES string of the molecule is Cc1ccc(Cn2c(CN3CCCN(Cc4ccc5c(c4)OCO5)CC3)nc3ccccc32)c(C)c1. The van der Waals surface area contributed by atoms with Gasteiger partial charge in [0, 0.05) is 26.2 Å². The highest BCUT2D eigenvalue weighted by Gasteiger charge is 2.20. The molecule has 0 N–H and O–H groups in total. The zero-order valence-electron chi connectivity index (χ0n) is 21.2. The van der Waals surface area contributed by atoms with Gasteiger partial charge in [-0.05, 0) is 74.3 Å². The largest absolute Gasteiger partial charge is 0.454 e. The summed E-state index contributed by atoms with van der Waals surface area (Å²) in [4.78, 5) is 10.2. The van der Waals surface area contributed by atoms with E-state index in [2.05, 4.69) is 82.8 Å². The van der Waals surface area contributed by atoms with E-state index in [-0.39, 0.29) is 0 Å². The van der Waals surface area contributed by atoms with Crippen molar-refractivity contribution in [2.45, 2.75) is 39.9 Å². The maximum atomic E-state index is 5.57. The van der Waals surface area contributed by atoms with Crippen LogP contribution in [0, 0.1) is 13.8 Å². The van der Waals surface area contributed by atoms with Crippen molar-refractivity contribution in [2.24, 2.45) is 0 Å². The summed E-state index contributed by atoms with van der Waals surface area (Å²) in [5.41, 5.74) is 7.58. The first-order valence-electron chi connectivity index (χ1n) is 13.0. The van der Waals surface area contributed by atoms with Crippen molar-refractivity contribution in [3.63, 3.8) is 0 Å². The Hall–Kier alpha value is -3.35. The van der Waals surface area contributed by atoms with Crippen molar-refractivity contribution in [3.05, 3.63) is 88.7 Å². The highest BCUT2D eigenvalue weighted by atomic mass is 16.7. The van der Waals surface area contributed by atoms with E-state index in [1.165, 1.54) is 27.8 Å². The first-order valence-corrected chi connectivity index (χ1v) is 13.0. The lowest BCUT2D eigenvalue weighted by atomic mass is 10.1. The van der Waals surface area contributed by atoms with Crippen LogP contribution in [-0.2, 0) is 19.6 Å². The summed E-state index contributed by atoms with van der Waals surface area (Å²) in [6, 6.07) is 21.6. The first-order chi connectivity index (χ1) is 17.6. The molecule has 3 heterocycles. The highest BCUT2D eigenvalue weighted by Crippen LogP contribution is 2.33. The van der Waals surface area contributed by atoms with Gasteiger partial charge in [-0.25, -0.2) is 4.98 Å². The molecule has 0 radical (unpaired) electrons. The van der Waals surface area contributed by atoms with Crippen molar-refractivity contribution >= 4 is 11.0 Å². The number of hydrogen-bond donors (Lipinski definition) is 0. The molecular weight excluding hydrogens is 448 g/mol. The van der Waals surface area contributed by atoms with Gasteiger partial charge in [0.2, 0.25) is 6.79 Å². The van der Waals surface area contributed by atoms with Crippen LogP contribution in [0.5, 0.6) is 11.5 Å². The molecule has 3 aromatic carbocycles. The average Bonchev–Trinajstić information content (AvgIpc) is 3.40. The van der Waals surface area contributed by atoms with Crippen LogP contribution >= 0.6 is 0 Å². The fraction of sp³-hybridized carbons (Fsp3) is 0.367. The second-order valence-corrected chi connectivity index (χ2v) is 10.1. The number of ether oxygens (including phenoxy) is 2. The number of aromatic nitrogens is 2. The van der Waals surface area contributed by atoms with Crippen LogP contribution in [0.2, 0.25) is 0 Å². The quantitative estimate of drug-likeness (QED) is 0.381. The molecule has 186 valence electrons. The second kappa shape index (κ2) is 9.96. The van der Waals surface area contributed by atoms with Gasteiger partial charge in [-0.3, -0.25) is 9.80 Å². The predicted molar refractivity (Wildman–Crippen MR) is 142 cm³/mol. The second-order valence-electron chi connectivity index (χ2n) is 10.1. The minimum absolute atomic E-state index is 0.325. The van der Waals surface area contributed by atoms with Gasteiger partial charge < -0.3 is 14.0 Å². The third-order valence-corrected chi connectivity index (χ3v) is 7.45. The van der Waals surface area contributed by atoms with Gasteiger partial charge >= 0.3 is 0 Å². The Morgan fingerprint density at radius 3 is 2.44 bits per heavy atom. The third-order valence-electron chi connectivity index (χ3n) is 7.45. The molecule has 0 aliphatic carbocycles. The molecular formula is C30H34N4O2. The van der Waals surface area contributed by atoms with Crippen LogP contribution in [0.1, 0.15) is 34.5 Å². The number of imidazole rings is 1. The summed E-state index contributed by atoms with van der Waals surface area (Å²) in [6.07, 6.45) is 1.15. The summed E-state index contributed by atoms with van der Waals surface area (Å²) in [5.74, 6) is 2.87. The smallest absolute Gasteiger partial charge is 0.231 e. The molecule has 36 heavy (non-hydrogen) atoms. The maximum absolute atomic E-state index is 5.57. The lowest BCUT2D eigenvalue weighted by Crippen LogP contribution is -2.31. The zero-order valence-corrected chi connectivity index (χ0v) is 21.2. The number of fused-ring (bicyclic) bond motifs is 2. The van der Waals surface area contributed by atoms with E-state index in [0.29, 0.717) is 6.79 Å². The van der Waals surface area contributed by atoms with E-state index in [0.717, 1.165) is 75.1 Å². The number of hydrogen-bond acceptors (Lipinski definition) is 5. The Morgan fingerprint density at radius 2 is 1.58 bits per heavy atom. The fourth-order valence-corrected chi connectivity index (χ4v) is 5.45. The highest BCUT2D eigenvalue weighted by molar-refractivity contribution is 5.76. The van der Waals surface area contributed by atoms with Crippen molar-refractivity contribution < 1.29 is 9.47 Å². The molecule has 1 fully saturated rings. The van der Waals surface area contributed by atoms with E-state index in [1.807, 2.05) is 6.07 Å². The van der Waals surface area contributed by atoms with Crippen molar-refractivity contribution in [3.8, 4) is 11.5 Å². The van der Waals surface area contributed by atoms with Crippen LogP contribution in [0.3, 0.4) is 0 Å². The van der Waals surface area contributed by atoms with Crippen LogP contribution in [0.15, 0.2) is 60.7 Å². The van der Waals surface area contributed by atoms with E-state index in [4.69, 9.17) is 14.5 Å². The Labute approximate surface area is 213 Å². The molecule has 6 rings (SSSR count). The predicted octanol–water partition coefficient (Wildman–Crippen LogP) is 5.14. The first kappa shape index (κ1) is 23.1. The van der Waals surface area contributed by atoms with Crippen molar-refractivity contribution in [2.75, 3.05) is 33.0 Å².